The molecule has 1 saturated carbocycles. The smallest absolute Gasteiger partial charge is 0.171 e. The van der Waals surface area contributed by atoms with Crippen LogP contribution in [0, 0.1) is 30.6 Å². The van der Waals surface area contributed by atoms with Gasteiger partial charge in [-0.2, -0.15) is 5.26 Å². The lowest BCUT2D eigenvalue weighted by Crippen LogP contribution is -2.31. The van der Waals surface area contributed by atoms with Gasteiger partial charge in [-0.1, -0.05) is 6.92 Å². The van der Waals surface area contributed by atoms with Crippen LogP contribution in [-0.4, -0.2) is 33.7 Å². The van der Waals surface area contributed by atoms with Crippen molar-refractivity contribution in [3.05, 3.63) is 35.9 Å². The number of nitrogens with zero attached hydrogens (tertiary/aromatic N) is 5. The molecule has 154 valence electrons. The van der Waals surface area contributed by atoms with E-state index in [-0.39, 0.29) is 5.41 Å². The first-order valence-corrected chi connectivity index (χ1v) is 10.8. The summed E-state index contributed by atoms with van der Waals surface area (Å²) in [4.78, 5) is 11.6. The number of aryl methyl sites for hydroxylation is 2. The van der Waals surface area contributed by atoms with Gasteiger partial charge in [-0.25, -0.2) is 9.97 Å². The maximum atomic E-state index is 9.13. The van der Waals surface area contributed by atoms with E-state index in [0.717, 1.165) is 44.0 Å². The van der Waals surface area contributed by atoms with Crippen molar-refractivity contribution in [1.29, 1.82) is 5.26 Å². The van der Waals surface area contributed by atoms with Crippen LogP contribution in [-0.2, 0) is 0 Å². The average Bonchev–Trinajstić information content (AvgIpc) is 3.26. The number of nitriles is 1. The van der Waals surface area contributed by atoms with Crippen LogP contribution >= 0.6 is 0 Å². The van der Waals surface area contributed by atoms with E-state index in [1.165, 1.54) is 24.2 Å². The van der Waals surface area contributed by atoms with Crippen LogP contribution in [0.3, 0.4) is 0 Å². The minimum Gasteiger partial charge on any atom is -0.364 e. The van der Waals surface area contributed by atoms with Crippen LogP contribution in [0.15, 0.2) is 24.5 Å². The minimum absolute atomic E-state index is 0.0497. The molecule has 6 nitrogen and oxygen atoms in total. The fourth-order valence-electron chi connectivity index (χ4n) is 5.13. The largest absolute Gasteiger partial charge is 0.364 e. The second kappa shape index (κ2) is 8.06. The lowest BCUT2D eigenvalue weighted by Gasteiger charge is -2.33. The SMILES string of the molecule is Cc1ccc(C)n1C1CCC(Nc2nccnc2N2CCC(C)(CC#N)C2)CC1. The molecule has 1 saturated heterocycles. The van der Waals surface area contributed by atoms with E-state index in [2.05, 4.69) is 63.7 Å². The van der Waals surface area contributed by atoms with E-state index in [9.17, 15) is 0 Å². The van der Waals surface area contributed by atoms with E-state index in [1.807, 2.05) is 0 Å². The van der Waals surface area contributed by atoms with Gasteiger partial charge in [0.05, 0.1) is 6.07 Å². The van der Waals surface area contributed by atoms with E-state index in [0.29, 0.717) is 18.5 Å². The first-order valence-electron chi connectivity index (χ1n) is 10.8. The maximum absolute atomic E-state index is 9.13. The molecule has 2 aliphatic rings. The topological polar surface area (TPSA) is 69.8 Å². The lowest BCUT2D eigenvalue weighted by atomic mass is 9.87. The second-order valence-electron chi connectivity index (χ2n) is 9.18. The number of aromatic nitrogens is 3. The summed E-state index contributed by atoms with van der Waals surface area (Å²) >= 11 is 0. The molecule has 6 heteroatoms. The van der Waals surface area contributed by atoms with Gasteiger partial charge in [-0.3, -0.25) is 0 Å². The van der Waals surface area contributed by atoms with E-state index in [1.54, 1.807) is 12.4 Å². The second-order valence-corrected chi connectivity index (χ2v) is 9.18. The van der Waals surface area contributed by atoms with Crippen LogP contribution < -0.4 is 10.2 Å². The van der Waals surface area contributed by atoms with Crippen LogP contribution in [0.25, 0.3) is 0 Å². The number of nitrogens with one attached hydrogen (secondary N) is 1. The Kier molecular flexibility index (Phi) is 5.49. The molecule has 0 radical (unpaired) electrons. The van der Waals surface area contributed by atoms with Gasteiger partial charge in [0.2, 0.25) is 0 Å². The highest BCUT2D eigenvalue weighted by atomic mass is 15.2. The van der Waals surface area contributed by atoms with Crippen molar-refractivity contribution in [3.8, 4) is 6.07 Å². The molecule has 2 fully saturated rings. The Morgan fingerprint density at radius 3 is 2.52 bits per heavy atom. The molecular weight excluding hydrogens is 360 g/mol. The summed E-state index contributed by atoms with van der Waals surface area (Å²) in [6, 6.07) is 7.84. The highest BCUT2D eigenvalue weighted by Crippen LogP contribution is 2.38. The molecule has 1 aliphatic heterocycles. The first-order chi connectivity index (χ1) is 14.0. The van der Waals surface area contributed by atoms with Crippen molar-refractivity contribution in [2.75, 3.05) is 23.3 Å². The molecule has 0 bridgehead atoms. The molecule has 1 aliphatic carbocycles. The third-order valence-electron chi connectivity index (χ3n) is 6.77. The molecule has 29 heavy (non-hydrogen) atoms. The van der Waals surface area contributed by atoms with Gasteiger partial charge in [0, 0.05) is 55.4 Å². The molecule has 3 heterocycles. The van der Waals surface area contributed by atoms with Crippen LogP contribution in [0.5, 0.6) is 0 Å². The monoisotopic (exact) mass is 392 g/mol. The number of rotatable bonds is 5. The fourth-order valence-corrected chi connectivity index (χ4v) is 5.13. The molecule has 0 spiro atoms. The van der Waals surface area contributed by atoms with Gasteiger partial charge in [0.15, 0.2) is 11.6 Å². The van der Waals surface area contributed by atoms with Gasteiger partial charge in [0.1, 0.15) is 0 Å². The van der Waals surface area contributed by atoms with Gasteiger partial charge < -0.3 is 14.8 Å². The maximum Gasteiger partial charge on any atom is 0.171 e. The minimum atomic E-state index is 0.0497. The molecule has 1 N–H and O–H groups in total. The standard InChI is InChI=1S/C23H32N6/c1-17-4-5-18(2)29(17)20-8-6-19(7-9-20)27-21-22(26-14-13-25-21)28-15-11-23(3,16-28)10-12-24/h4-5,13-14,19-20H,6-11,15-16H2,1-3H3,(H,25,27). The van der Waals surface area contributed by atoms with Crippen LogP contribution in [0.1, 0.15) is 62.9 Å². The summed E-state index contributed by atoms with van der Waals surface area (Å²) < 4.78 is 2.50. The Morgan fingerprint density at radius 1 is 1.14 bits per heavy atom. The van der Waals surface area contributed by atoms with Crippen molar-refractivity contribution in [2.24, 2.45) is 5.41 Å². The van der Waals surface area contributed by atoms with Crippen molar-refractivity contribution in [1.82, 2.24) is 14.5 Å². The lowest BCUT2D eigenvalue weighted by molar-refractivity contribution is 0.327. The van der Waals surface area contributed by atoms with Crippen molar-refractivity contribution >= 4 is 11.6 Å². The Hall–Kier alpha value is -2.55. The molecule has 4 rings (SSSR count). The quantitative estimate of drug-likeness (QED) is 0.804. The molecule has 0 amide bonds. The average molecular weight is 393 g/mol. The molecule has 2 aromatic heterocycles. The predicted octanol–water partition coefficient (Wildman–Crippen LogP) is 4.62. The number of hydrogen-bond donors (Lipinski definition) is 1. The number of hydrogen-bond acceptors (Lipinski definition) is 5. The predicted molar refractivity (Wildman–Crippen MR) is 116 cm³/mol. The summed E-state index contributed by atoms with van der Waals surface area (Å²) in [6.07, 6.45) is 9.82. The highest BCUT2D eigenvalue weighted by molar-refractivity contribution is 5.61. The van der Waals surface area contributed by atoms with E-state index < -0.39 is 0 Å². The van der Waals surface area contributed by atoms with Crippen molar-refractivity contribution in [2.45, 2.75) is 71.4 Å². The van der Waals surface area contributed by atoms with E-state index >= 15 is 0 Å². The normalized spacial score (nSPS) is 27.0. The van der Waals surface area contributed by atoms with E-state index in [4.69, 9.17) is 5.26 Å². The molecule has 2 aromatic rings. The van der Waals surface area contributed by atoms with Gasteiger partial charge in [0.25, 0.3) is 0 Å². The Labute approximate surface area is 174 Å². The summed E-state index contributed by atoms with van der Waals surface area (Å²) in [5.41, 5.74) is 2.78. The zero-order valence-electron chi connectivity index (χ0n) is 17.9. The van der Waals surface area contributed by atoms with Gasteiger partial charge in [-0.05, 0) is 63.5 Å². The fraction of sp³-hybridized carbons (Fsp3) is 0.609. The Balaban J connectivity index is 1.41. The zero-order valence-corrected chi connectivity index (χ0v) is 17.9. The molecule has 1 unspecified atom stereocenters. The molecule has 0 aromatic carbocycles. The van der Waals surface area contributed by atoms with Crippen LogP contribution in [0.4, 0.5) is 11.6 Å². The van der Waals surface area contributed by atoms with Crippen LogP contribution in [0.2, 0.25) is 0 Å². The summed E-state index contributed by atoms with van der Waals surface area (Å²) in [5, 5.41) is 12.8. The summed E-state index contributed by atoms with van der Waals surface area (Å²) in [5.74, 6) is 1.83. The molecule has 1 atom stereocenters. The third kappa shape index (κ3) is 4.10. The Bertz CT molecular complexity index is 870. The number of anilines is 2. The third-order valence-corrected chi connectivity index (χ3v) is 6.77. The highest BCUT2D eigenvalue weighted by Gasteiger charge is 2.35. The summed E-state index contributed by atoms with van der Waals surface area (Å²) in [7, 11) is 0. The Morgan fingerprint density at radius 2 is 1.83 bits per heavy atom. The van der Waals surface area contributed by atoms with Crippen molar-refractivity contribution in [3.63, 3.8) is 0 Å². The van der Waals surface area contributed by atoms with Gasteiger partial charge >= 0.3 is 0 Å². The molecular formula is C23H32N6. The summed E-state index contributed by atoms with van der Waals surface area (Å²) in [6.45, 7) is 8.42. The first kappa shape index (κ1) is 19.8. The van der Waals surface area contributed by atoms with Crippen molar-refractivity contribution < 1.29 is 0 Å². The van der Waals surface area contributed by atoms with Gasteiger partial charge in [-0.15, -0.1) is 0 Å². The zero-order chi connectivity index (χ0) is 20.4.